The number of fused-ring (bicyclic) bond motifs is 1. The first-order valence-electron chi connectivity index (χ1n) is 7.90. The van der Waals surface area contributed by atoms with Crippen molar-refractivity contribution >= 4 is 22.7 Å². The number of carbonyl (C=O) groups excluding carboxylic acids is 1. The highest BCUT2D eigenvalue weighted by molar-refractivity contribution is 5.95. The highest BCUT2D eigenvalue weighted by Gasteiger charge is 2.30. The van der Waals surface area contributed by atoms with E-state index in [0.717, 1.165) is 46.3 Å². The Kier molecular flexibility index (Phi) is 3.18. The molecular formula is C19H18N2O2. The zero-order chi connectivity index (χ0) is 16.0. The number of anilines is 1. The Morgan fingerprint density at radius 2 is 2.04 bits per heavy atom. The fraction of sp³-hybridized carbons (Fsp3) is 0.263. The van der Waals surface area contributed by atoms with Gasteiger partial charge in [0.2, 0.25) is 11.8 Å². The lowest BCUT2D eigenvalue weighted by atomic mass is 10.1. The monoisotopic (exact) mass is 306 g/mol. The van der Waals surface area contributed by atoms with Gasteiger partial charge in [-0.2, -0.15) is 0 Å². The van der Waals surface area contributed by atoms with Crippen LogP contribution >= 0.6 is 0 Å². The summed E-state index contributed by atoms with van der Waals surface area (Å²) >= 11 is 0. The van der Waals surface area contributed by atoms with Gasteiger partial charge in [0.15, 0.2) is 5.58 Å². The topological polar surface area (TPSA) is 55.1 Å². The molecule has 1 aliphatic rings. The predicted molar refractivity (Wildman–Crippen MR) is 90.3 cm³/mol. The van der Waals surface area contributed by atoms with Gasteiger partial charge in [-0.3, -0.25) is 4.79 Å². The van der Waals surface area contributed by atoms with E-state index in [4.69, 9.17) is 4.42 Å². The van der Waals surface area contributed by atoms with Gasteiger partial charge in [-0.25, -0.2) is 4.98 Å². The second-order valence-electron chi connectivity index (χ2n) is 6.23. The van der Waals surface area contributed by atoms with Gasteiger partial charge in [0.05, 0.1) is 0 Å². The molecular weight excluding hydrogens is 288 g/mol. The molecule has 4 heteroatoms. The number of aromatic nitrogens is 1. The Bertz CT molecular complexity index is 907. The normalized spacial score (nSPS) is 14.2. The number of hydrogen-bond acceptors (Lipinski definition) is 3. The van der Waals surface area contributed by atoms with Crippen molar-refractivity contribution in [2.75, 3.05) is 5.32 Å². The molecule has 1 saturated carbocycles. The highest BCUT2D eigenvalue weighted by atomic mass is 16.3. The zero-order valence-electron chi connectivity index (χ0n) is 13.2. The van der Waals surface area contributed by atoms with Crippen LogP contribution in [-0.4, -0.2) is 10.9 Å². The summed E-state index contributed by atoms with van der Waals surface area (Å²) in [5, 5.41) is 3.02. The molecule has 23 heavy (non-hydrogen) atoms. The number of nitrogens with zero attached hydrogens (tertiary/aromatic N) is 1. The van der Waals surface area contributed by atoms with Crippen LogP contribution in [0, 0.1) is 19.8 Å². The van der Waals surface area contributed by atoms with Gasteiger partial charge in [0.25, 0.3) is 0 Å². The molecule has 0 saturated heterocycles. The standard InChI is InChI=1S/C19H18N2O2/c1-11-6-9-16-17(10-11)23-19(21-16)14-4-3-5-15(12(14)2)20-18(22)13-7-8-13/h3-6,9-10,13H,7-8H2,1-2H3,(H,20,22). The van der Waals surface area contributed by atoms with E-state index in [1.807, 2.05) is 50.2 Å². The van der Waals surface area contributed by atoms with Crippen molar-refractivity contribution in [3.63, 3.8) is 0 Å². The summed E-state index contributed by atoms with van der Waals surface area (Å²) in [4.78, 5) is 16.6. The van der Waals surface area contributed by atoms with Gasteiger partial charge in [-0.15, -0.1) is 0 Å². The van der Waals surface area contributed by atoms with E-state index in [0.29, 0.717) is 5.89 Å². The van der Waals surface area contributed by atoms with Gasteiger partial charge in [-0.05, 0) is 62.1 Å². The molecule has 0 spiro atoms. The van der Waals surface area contributed by atoms with Crippen molar-refractivity contribution < 1.29 is 9.21 Å². The second kappa shape index (κ2) is 5.23. The zero-order valence-corrected chi connectivity index (χ0v) is 13.2. The lowest BCUT2D eigenvalue weighted by Gasteiger charge is -2.10. The first-order chi connectivity index (χ1) is 11.1. The fourth-order valence-electron chi connectivity index (χ4n) is 2.73. The maximum atomic E-state index is 12.0. The van der Waals surface area contributed by atoms with Gasteiger partial charge in [0, 0.05) is 17.2 Å². The summed E-state index contributed by atoms with van der Waals surface area (Å²) in [5.74, 6) is 0.884. The molecule has 1 heterocycles. The van der Waals surface area contributed by atoms with Crippen molar-refractivity contribution in [1.82, 2.24) is 4.98 Å². The summed E-state index contributed by atoms with van der Waals surface area (Å²) in [6.07, 6.45) is 1.99. The molecule has 1 fully saturated rings. The summed E-state index contributed by atoms with van der Waals surface area (Å²) in [5.41, 5.74) is 5.49. The van der Waals surface area contributed by atoms with E-state index in [9.17, 15) is 4.79 Å². The molecule has 3 aromatic rings. The van der Waals surface area contributed by atoms with Gasteiger partial charge < -0.3 is 9.73 Å². The van der Waals surface area contributed by atoms with Crippen LogP contribution < -0.4 is 5.32 Å². The van der Waals surface area contributed by atoms with Crippen LogP contribution in [0.5, 0.6) is 0 Å². The third-order valence-electron chi connectivity index (χ3n) is 4.31. The lowest BCUT2D eigenvalue weighted by Crippen LogP contribution is -2.14. The minimum atomic E-state index is 0.110. The van der Waals surface area contributed by atoms with Crippen LogP contribution in [-0.2, 0) is 4.79 Å². The maximum absolute atomic E-state index is 12.0. The molecule has 0 aliphatic heterocycles. The molecule has 1 aliphatic carbocycles. The van der Waals surface area contributed by atoms with Crippen LogP contribution in [0.25, 0.3) is 22.6 Å². The second-order valence-corrected chi connectivity index (χ2v) is 6.23. The van der Waals surface area contributed by atoms with Gasteiger partial charge >= 0.3 is 0 Å². The molecule has 1 aromatic heterocycles. The molecule has 2 aromatic carbocycles. The Morgan fingerprint density at radius 3 is 2.83 bits per heavy atom. The van der Waals surface area contributed by atoms with Crippen molar-refractivity contribution in [2.24, 2.45) is 5.92 Å². The Morgan fingerprint density at radius 1 is 1.22 bits per heavy atom. The number of rotatable bonds is 3. The minimum Gasteiger partial charge on any atom is -0.436 e. The Labute approximate surface area is 134 Å². The number of hydrogen-bond donors (Lipinski definition) is 1. The number of amides is 1. The van der Waals surface area contributed by atoms with Crippen molar-refractivity contribution in [3.05, 3.63) is 47.5 Å². The van der Waals surface area contributed by atoms with E-state index >= 15 is 0 Å². The third-order valence-corrected chi connectivity index (χ3v) is 4.31. The van der Waals surface area contributed by atoms with E-state index < -0.39 is 0 Å². The predicted octanol–water partition coefficient (Wildman–Crippen LogP) is 4.46. The van der Waals surface area contributed by atoms with Crippen LogP contribution in [0.4, 0.5) is 5.69 Å². The molecule has 0 unspecified atom stereocenters. The number of aryl methyl sites for hydroxylation is 1. The average molecular weight is 306 g/mol. The van der Waals surface area contributed by atoms with Crippen LogP contribution in [0.1, 0.15) is 24.0 Å². The maximum Gasteiger partial charge on any atom is 0.227 e. The summed E-state index contributed by atoms with van der Waals surface area (Å²) < 4.78 is 5.91. The van der Waals surface area contributed by atoms with Gasteiger partial charge in [0.1, 0.15) is 5.52 Å². The van der Waals surface area contributed by atoms with Crippen LogP contribution in [0.2, 0.25) is 0 Å². The molecule has 0 bridgehead atoms. The third kappa shape index (κ3) is 2.61. The molecule has 4 nitrogen and oxygen atoms in total. The first-order valence-corrected chi connectivity index (χ1v) is 7.90. The average Bonchev–Trinajstić information content (AvgIpc) is 3.29. The lowest BCUT2D eigenvalue weighted by molar-refractivity contribution is -0.117. The van der Waals surface area contributed by atoms with Crippen LogP contribution in [0.15, 0.2) is 40.8 Å². The summed E-state index contributed by atoms with van der Waals surface area (Å²) in [6.45, 7) is 4.01. The molecule has 0 atom stereocenters. The van der Waals surface area contributed by atoms with Crippen molar-refractivity contribution in [3.8, 4) is 11.5 Å². The van der Waals surface area contributed by atoms with E-state index in [-0.39, 0.29) is 11.8 Å². The number of benzene rings is 2. The van der Waals surface area contributed by atoms with Gasteiger partial charge in [-0.1, -0.05) is 12.1 Å². The number of oxazole rings is 1. The smallest absolute Gasteiger partial charge is 0.227 e. The molecule has 1 N–H and O–H groups in total. The first kappa shape index (κ1) is 14.0. The molecule has 1 amide bonds. The van der Waals surface area contributed by atoms with Crippen molar-refractivity contribution in [2.45, 2.75) is 26.7 Å². The minimum absolute atomic E-state index is 0.110. The Balaban J connectivity index is 1.73. The molecule has 4 rings (SSSR count). The largest absolute Gasteiger partial charge is 0.436 e. The number of nitrogens with one attached hydrogen (secondary N) is 1. The highest BCUT2D eigenvalue weighted by Crippen LogP contribution is 2.33. The Hall–Kier alpha value is -2.62. The van der Waals surface area contributed by atoms with Crippen molar-refractivity contribution in [1.29, 1.82) is 0 Å². The quantitative estimate of drug-likeness (QED) is 0.777. The number of carbonyl (C=O) groups is 1. The SMILES string of the molecule is Cc1ccc2nc(-c3cccc(NC(=O)C4CC4)c3C)oc2c1. The molecule has 0 radical (unpaired) electrons. The summed E-state index contributed by atoms with van der Waals surface area (Å²) in [7, 11) is 0. The van der Waals surface area contributed by atoms with Crippen LogP contribution in [0.3, 0.4) is 0 Å². The van der Waals surface area contributed by atoms with E-state index in [1.54, 1.807) is 0 Å². The van der Waals surface area contributed by atoms with E-state index in [1.165, 1.54) is 0 Å². The fourth-order valence-corrected chi connectivity index (χ4v) is 2.73. The van der Waals surface area contributed by atoms with E-state index in [2.05, 4.69) is 10.3 Å². The molecule has 116 valence electrons. The summed E-state index contributed by atoms with van der Waals surface area (Å²) in [6, 6.07) is 11.8.